The summed E-state index contributed by atoms with van der Waals surface area (Å²) in [6.45, 7) is 2.69. The highest BCUT2D eigenvalue weighted by Crippen LogP contribution is 2.43. The van der Waals surface area contributed by atoms with Crippen LogP contribution in [0.2, 0.25) is 0 Å². The number of nitrogens with two attached hydrogens (primary N) is 1. The first-order valence-corrected chi connectivity index (χ1v) is 5.15. The highest BCUT2D eigenvalue weighted by Gasteiger charge is 2.40. The Labute approximate surface area is 84.7 Å². The number of nitrogens with one attached hydrogen (secondary N) is 1. The molecule has 14 heavy (non-hydrogen) atoms. The minimum Gasteiger partial charge on any atom is -0.330 e. The van der Waals surface area contributed by atoms with Gasteiger partial charge >= 0.3 is 0 Å². The fourth-order valence-corrected chi connectivity index (χ4v) is 1.59. The van der Waals surface area contributed by atoms with Gasteiger partial charge in [0.25, 0.3) is 0 Å². The molecule has 3 heteroatoms. The van der Waals surface area contributed by atoms with Crippen molar-refractivity contribution in [2.75, 3.05) is 13.1 Å². The summed E-state index contributed by atoms with van der Waals surface area (Å²) in [6, 6.07) is 5.99. The molecule has 0 saturated heterocycles. The third-order valence-electron chi connectivity index (χ3n) is 2.92. The van der Waals surface area contributed by atoms with Crippen LogP contribution in [-0.2, 0) is 6.54 Å². The first-order chi connectivity index (χ1) is 6.85. The van der Waals surface area contributed by atoms with Crippen LogP contribution in [0.5, 0.6) is 0 Å². The van der Waals surface area contributed by atoms with E-state index in [1.165, 1.54) is 12.8 Å². The van der Waals surface area contributed by atoms with Gasteiger partial charge in [0.05, 0.1) is 5.69 Å². The van der Waals surface area contributed by atoms with Crippen LogP contribution in [-0.4, -0.2) is 18.1 Å². The van der Waals surface area contributed by atoms with Crippen LogP contribution < -0.4 is 11.1 Å². The van der Waals surface area contributed by atoms with Gasteiger partial charge in [-0.05, 0) is 36.9 Å². The van der Waals surface area contributed by atoms with E-state index in [9.17, 15) is 0 Å². The van der Waals surface area contributed by atoms with Crippen molar-refractivity contribution in [2.24, 2.45) is 11.1 Å². The van der Waals surface area contributed by atoms with E-state index in [1.54, 1.807) is 0 Å². The van der Waals surface area contributed by atoms with Crippen molar-refractivity contribution in [3.8, 4) is 0 Å². The molecule has 0 atom stereocenters. The summed E-state index contributed by atoms with van der Waals surface area (Å²) in [4.78, 5) is 4.25. The summed E-state index contributed by atoms with van der Waals surface area (Å²) in [5.41, 5.74) is 7.20. The fraction of sp³-hybridized carbons (Fsp3) is 0.545. The second kappa shape index (κ2) is 4.07. The molecule has 0 aliphatic heterocycles. The maximum atomic E-state index is 5.69. The van der Waals surface area contributed by atoms with Gasteiger partial charge in [-0.2, -0.15) is 0 Å². The van der Waals surface area contributed by atoms with Crippen LogP contribution in [0.1, 0.15) is 18.5 Å². The maximum Gasteiger partial charge on any atom is 0.0541 e. The summed E-state index contributed by atoms with van der Waals surface area (Å²) in [5, 5.41) is 3.41. The third kappa shape index (κ3) is 2.30. The molecule has 1 heterocycles. The molecule has 0 amide bonds. The first-order valence-electron chi connectivity index (χ1n) is 5.15. The molecular formula is C11H17N3. The van der Waals surface area contributed by atoms with E-state index in [4.69, 9.17) is 5.73 Å². The van der Waals surface area contributed by atoms with Crippen molar-refractivity contribution in [1.82, 2.24) is 10.3 Å². The van der Waals surface area contributed by atoms with E-state index >= 15 is 0 Å². The lowest BCUT2D eigenvalue weighted by Gasteiger charge is -2.12. The van der Waals surface area contributed by atoms with E-state index in [2.05, 4.69) is 10.3 Å². The van der Waals surface area contributed by atoms with E-state index in [1.807, 2.05) is 24.4 Å². The molecule has 1 saturated carbocycles. The maximum absolute atomic E-state index is 5.69. The quantitative estimate of drug-likeness (QED) is 0.727. The molecular weight excluding hydrogens is 174 g/mol. The largest absolute Gasteiger partial charge is 0.330 e. The van der Waals surface area contributed by atoms with Gasteiger partial charge in [0.1, 0.15) is 0 Å². The lowest BCUT2D eigenvalue weighted by Crippen LogP contribution is -2.29. The molecule has 76 valence electrons. The molecule has 0 bridgehead atoms. The Balaban J connectivity index is 1.73. The molecule has 3 nitrogen and oxygen atoms in total. The lowest BCUT2D eigenvalue weighted by atomic mass is 10.1. The molecule has 1 aliphatic carbocycles. The Morgan fingerprint density at radius 1 is 1.43 bits per heavy atom. The summed E-state index contributed by atoms with van der Waals surface area (Å²) in [7, 11) is 0. The van der Waals surface area contributed by atoms with E-state index in [-0.39, 0.29) is 0 Å². The van der Waals surface area contributed by atoms with Crippen LogP contribution >= 0.6 is 0 Å². The van der Waals surface area contributed by atoms with Crippen LogP contribution in [0.15, 0.2) is 24.4 Å². The zero-order chi connectivity index (χ0) is 9.86. The number of rotatable bonds is 5. The van der Waals surface area contributed by atoms with E-state index in [0.717, 1.165) is 25.3 Å². The Hall–Kier alpha value is -0.930. The van der Waals surface area contributed by atoms with Gasteiger partial charge in [0, 0.05) is 19.3 Å². The second-order valence-corrected chi connectivity index (χ2v) is 4.13. The number of hydrogen-bond donors (Lipinski definition) is 2. The Morgan fingerprint density at radius 3 is 2.86 bits per heavy atom. The Bertz CT molecular complexity index is 280. The van der Waals surface area contributed by atoms with E-state index < -0.39 is 0 Å². The predicted octanol–water partition coefficient (Wildman–Crippen LogP) is 0.910. The van der Waals surface area contributed by atoms with Gasteiger partial charge in [-0.15, -0.1) is 0 Å². The van der Waals surface area contributed by atoms with Crippen molar-refractivity contribution in [2.45, 2.75) is 19.4 Å². The fourth-order valence-electron chi connectivity index (χ4n) is 1.59. The molecule has 1 fully saturated rings. The van der Waals surface area contributed by atoms with Crippen molar-refractivity contribution < 1.29 is 0 Å². The summed E-state index contributed by atoms with van der Waals surface area (Å²) in [6.07, 6.45) is 4.38. The van der Waals surface area contributed by atoms with Gasteiger partial charge in [0.15, 0.2) is 0 Å². The van der Waals surface area contributed by atoms with E-state index in [0.29, 0.717) is 5.41 Å². The molecule has 1 aliphatic rings. The average Bonchev–Trinajstić information content (AvgIpc) is 3.00. The molecule has 0 spiro atoms. The molecule has 0 radical (unpaired) electrons. The highest BCUT2D eigenvalue weighted by atomic mass is 14.9. The summed E-state index contributed by atoms with van der Waals surface area (Å²) < 4.78 is 0. The van der Waals surface area contributed by atoms with Crippen molar-refractivity contribution in [1.29, 1.82) is 0 Å². The number of pyridine rings is 1. The highest BCUT2D eigenvalue weighted by molar-refractivity contribution is 5.03. The van der Waals surface area contributed by atoms with Crippen LogP contribution in [0.4, 0.5) is 0 Å². The molecule has 0 aromatic carbocycles. The zero-order valence-corrected chi connectivity index (χ0v) is 8.37. The van der Waals surface area contributed by atoms with Gasteiger partial charge < -0.3 is 11.1 Å². The zero-order valence-electron chi connectivity index (χ0n) is 8.37. The summed E-state index contributed by atoms with van der Waals surface area (Å²) >= 11 is 0. The standard InChI is InChI=1S/C11H17N3/c12-8-11(4-5-11)9-13-7-10-3-1-2-6-14-10/h1-3,6,13H,4-5,7-9,12H2. The molecule has 0 unspecified atom stereocenters. The monoisotopic (exact) mass is 191 g/mol. The minimum atomic E-state index is 0.411. The average molecular weight is 191 g/mol. The Kier molecular flexibility index (Phi) is 2.79. The van der Waals surface area contributed by atoms with Gasteiger partial charge in [-0.25, -0.2) is 0 Å². The number of nitrogens with zero attached hydrogens (tertiary/aromatic N) is 1. The molecule has 1 aromatic rings. The second-order valence-electron chi connectivity index (χ2n) is 4.13. The van der Waals surface area contributed by atoms with Gasteiger partial charge in [-0.3, -0.25) is 4.98 Å². The number of aromatic nitrogens is 1. The first kappa shape index (κ1) is 9.62. The SMILES string of the molecule is NCC1(CNCc2ccccn2)CC1. The molecule has 1 aromatic heterocycles. The van der Waals surface area contributed by atoms with Crippen LogP contribution in [0.25, 0.3) is 0 Å². The van der Waals surface area contributed by atoms with Gasteiger partial charge in [-0.1, -0.05) is 6.07 Å². The predicted molar refractivity (Wildman–Crippen MR) is 56.7 cm³/mol. The van der Waals surface area contributed by atoms with Crippen LogP contribution in [0, 0.1) is 5.41 Å². The summed E-state index contributed by atoms with van der Waals surface area (Å²) in [5.74, 6) is 0. The van der Waals surface area contributed by atoms with Crippen LogP contribution in [0.3, 0.4) is 0 Å². The topological polar surface area (TPSA) is 50.9 Å². The Morgan fingerprint density at radius 2 is 2.29 bits per heavy atom. The normalized spacial score (nSPS) is 18.1. The van der Waals surface area contributed by atoms with Crippen molar-refractivity contribution in [3.05, 3.63) is 30.1 Å². The number of hydrogen-bond acceptors (Lipinski definition) is 3. The molecule has 3 N–H and O–H groups in total. The third-order valence-corrected chi connectivity index (χ3v) is 2.92. The van der Waals surface area contributed by atoms with Gasteiger partial charge in [0.2, 0.25) is 0 Å². The lowest BCUT2D eigenvalue weighted by molar-refractivity contribution is 0.466. The molecule has 2 rings (SSSR count). The minimum absolute atomic E-state index is 0.411. The van der Waals surface area contributed by atoms with Crippen molar-refractivity contribution in [3.63, 3.8) is 0 Å². The smallest absolute Gasteiger partial charge is 0.0541 e. The van der Waals surface area contributed by atoms with Crippen molar-refractivity contribution >= 4 is 0 Å².